The molecule has 2 bridgehead atoms. The van der Waals surface area contributed by atoms with E-state index >= 15 is 0 Å². The summed E-state index contributed by atoms with van der Waals surface area (Å²) in [4.78, 5) is 2.52. The molecule has 0 saturated carbocycles. The van der Waals surface area contributed by atoms with Crippen molar-refractivity contribution in [3.05, 3.63) is 71.0 Å². The van der Waals surface area contributed by atoms with Gasteiger partial charge in [0.2, 0.25) is 0 Å². The van der Waals surface area contributed by atoms with E-state index in [-0.39, 0.29) is 11.2 Å². The van der Waals surface area contributed by atoms with Crippen molar-refractivity contribution >= 4 is 0 Å². The van der Waals surface area contributed by atoms with E-state index in [1.54, 1.807) is 12.1 Å². The molecule has 1 heterocycles. The number of hydrogen-bond acceptors (Lipinski definition) is 2. The lowest BCUT2D eigenvalue weighted by atomic mass is 9.62. The summed E-state index contributed by atoms with van der Waals surface area (Å²) in [6, 6.07) is 16.9. The number of likely N-dealkylation sites (N-methyl/N-ethyl adjacent to an activating group) is 1. The quantitative estimate of drug-likeness (QED) is 0.917. The van der Waals surface area contributed by atoms with Crippen LogP contribution in [0.4, 0.5) is 4.39 Å². The fourth-order valence-electron chi connectivity index (χ4n) is 4.85. The second-order valence-electron chi connectivity index (χ2n) is 7.88. The van der Waals surface area contributed by atoms with Gasteiger partial charge in [-0.05, 0) is 68.2 Å². The van der Waals surface area contributed by atoms with E-state index in [4.69, 9.17) is 0 Å². The summed E-state index contributed by atoms with van der Waals surface area (Å²) >= 11 is 0. The first-order chi connectivity index (χ1) is 12.1. The van der Waals surface area contributed by atoms with E-state index in [0.717, 1.165) is 25.9 Å². The number of hydrogen-bond donors (Lipinski definition) is 1. The van der Waals surface area contributed by atoms with Crippen LogP contribution in [0.25, 0.3) is 0 Å². The molecule has 1 N–H and O–H groups in total. The van der Waals surface area contributed by atoms with Crippen LogP contribution in [0, 0.1) is 5.82 Å². The van der Waals surface area contributed by atoms with Crippen molar-refractivity contribution < 1.29 is 4.39 Å². The van der Waals surface area contributed by atoms with Gasteiger partial charge in [-0.1, -0.05) is 43.3 Å². The Morgan fingerprint density at radius 2 is 1.92 bits per heavy atom. The Labute approximate surface area is 150 Å². The molecule has 2 aromatic rings. The second-order valence-corrected chi connectivity index (χ2v) is 7.88. The average molecular weight is 338 g/mol. The van der Waals surface area contributed by atoms with E-state index in [9.17, 15) is 4.39 Å². The summed E-state index contributed by atoms with van der Waals surface area (Å²) in [7, 11) is 2.26. The van der Waals surface area contributed by atoms with Crippen molar-refractivity contribution in [3.8, 4) is 0 Å². The Morgan fingerprint density at radius 1 is 1.16 bits per heavy atom. The molecular weight excluding hydrogens is 311 g/mol. The van der Waals surface area contributed by atoms with Crippen molar-refractivity contribution in [2.75, 3.05) is 20.1 Å². The smallest absolute Gasteiger partial charge is 0.123 e. The number of piperidine rings is 1. The lowest BCUT2D eigenvalue weighted by Crippen LogP contribution is -2.66. The molecule has 3 heteroatoms. The van der Waals surface area contributed by atoms with E-state index in [1.165, 1.54) is 23.1 Å². The van der Waals surface area contributed by atoms with Crippen molar-refractivity contribution in [2.45, 2.75) is 43.7 Å². The lowest BCUT2D eigenvalue weighted by molar-refractivity contribution is 0.0664. The highest BCUT2D eigenvalue weighted by molar-refractivity contribution is 5.41. The van der Waals surface area contributed by atoms with Crippen LogP contribution in [0.3, 0.4) is 0 Å². The first-order valence-electron chi connectivity index (χ1n) is 9.34. The summed E-state index contributed by atoms with van der Waals surface area (Å²) in [6.07, 6.45) is 3.24. The highest BCUT2D eigenvalue weighted by Gasteiger charge is 2.49. The number of halogens is 1. The predicted molar refractivity (Wildman–Crippen MR) is 100 cm³/mol. The van der Waals surface area contributed by atoms with Gasteiger partial charge in [-0.15, -0.1) is 0 Å². The van der Waals surface area contributed by atoms with E-state index < -0.39 is 0 Å². The van der Waals surface area contributed by atoms with Crippen LogP contribution in [0.2, 0.25) is 0 Å². The third kappa shape index (κ3) is 3.00. The van der Waals surface area contributed by atoms with Gasteiger partial charge in [0.05, 0.1) is 0 Å². The maximum atomic E-state index is 13.1. The second kappa shape index (κ2) is 6.54. The van der Waals surface area contributed by atoms with Gasteiger partial charge in [0.1, 0.15) is 5.82 Å². The van der Waals surface area contributed by atoms with Crippen LogP contribution >= 0.6 is 0 Å². The van der Waals surface area contributed by atoms with Crippen molar-refractivity contribution in [2.24, 2.45) is 0 Å². The van der Waals surface area contributed by atoms with Gasteiger partial charge in [0.15, 0.2) is 0 Å². The molecular formula is C22H27FN2. The molecule has 0 unspecified atom stereocenters. The van der Waals surface area contributed by atoms with Crippen LogP contribution < -0.4 is 5.32 Å². The summed E-state index contributed by atoms with van der Waals surface area (Å²) in [5, 5.41) is 3.86. The molecule has 2 nitrogen and oxygen atoms in total. The SMILES string of the molecule is CN1CC[C@]2(C)c3ccccc3C[C@@H]1[C@@H]2NCCc1ccc(F)cc1. The number of benzene rings is 2. The summed E-state index contributed by atoms with van der Waals surface area (Å²) in [6.45, 7) is 4.52. The largest absolute Gasteiger partial charge is 0.311 e. The zero-order chi connectivity index (χ0) is 17.4. The minimum Gasteiger partial charge on any atom is -0.311 e. The summed E-state index contributed by atoms with van der Waals surface area (Å²) < 4.78 is 13.1. The maximum Gasteiger partial charge on any atom is 0.123 e. The van der Waals surface area contributed by atoms with Gasteiger partial charge in [-0.25, -0.2) is 4.39 Å². The van der Waals surface area contributed by atoms with Crippen LogP contribution in [0.1, 0.15) is 30.0 Å². The van der Waals surface area contributed by atoms with Crippen LogP contribution in [-0.4, -0.2) is 37.1 Å². The van der Waals surface area contributed by atoms with Gasteiger partial charge in [-0.2, -0.15) is 0 Å². The molecule has 1 fully saturated rings. The molecule has 132 valence electrons. The fourth-order valence-corrected chi connectivity index (χ4v) is 4.85. The van der Waals surface area contributed by atoms with Gasteiger partial charge in [0.25, 0.3) is 0 Å². The third-order valence-electron chi connectivity index (χ3n) is 6.37. The Balaban J connectivity index is 1.53. The first-order valence-corrected chi connectivity index (χ1v) is 9.34. The van der Waals surface area contributed by atoms with Crippen LogP contribution in [0.5, 0.6) is 0 Å². The third-order valence-corrected chi connectivity index (χ3v) is 6.37. The monoisotopic (exact) mass is 338 g/mol. The van der Waals surface area contributed by atoms with Crippen molar-refractivity contribution in [3.63, 3.8) is 0 Å². The standard InChI is InChI=1S/C22H27FN2/c1-22-12-14-25(2)20(15-17-5-3-4-6-19(17)22)21(22)24-13-11-16-7-9-18(23)10-8-16/h3-10,20-21,24H,11-15H2,1-2H3/t20-,21+,22-/m1/s1. The molecule has 2 aromatic carbocycles. The highest BCUT2D eigenvalue weighted by atomic mass is 19.1. The number of fused-ring (bicyclic) bond motifs is 4. The van der Waals surface area contributed by atoms with Gasteiger partial charge < -0.3 is 10.2 Å². The van der Waals surface area contributed by atoms with E-state index in [0.29, 0.717) is 12.1 Å². The van der Waals surface area contributed by atoms with E-state index in [2.05, 4.69) is 48.5 Å². The topological polar surface area (TPSA) is 15.3 Å². The number of rotatable bonds is 4. The van der Waals surface area contributed by atoms with Gasteiger partial charge >= 0.3 is 0 Å². The molecule has 25 heavy (non-hydrogen) atoms. The number of nitrogens with zero attached hydrogens (tertiary/aromatic N) is 1. The van der Waals surface area contributed by atoms with Gasteiger partial charge in [0, 0.05) is 17.5 Å². The molecule has 0 aromatic heterocycles. The van der Waals surface area contributed by atoms with Crippen molar-refractivity contribution in [1.29, 1.82) is 0 Å². The normalized spacial score (nSPS) is 28.6. The highest BCUT2D eigenvalue weighted by Crippen LogP contribution is 2.44. The molecule has 1 aliphatic carbocycles. The summed E-state index contributed by atoms with van der Waals surface area (Å²) in [5.74, 6) is -0.163. The Morgan fingerprint density at radius 3 is 2.72 bits per heavy atom. The first kappa shape index (κ1) is 16.7. The zero-order valence-corrected chi connectivity index (χ0v) is 15.1. The van der Waals surface area contributed by atoms with Crippen LogP contribution in [0.15, 0.2) is 48.5 Å². The lowest BCUT2D eigenvalue weighted by Gasteiger charge is -2.55. The molecule has 1 saturated heterocycles. The molecule has 0 radical (unpaired) electrons. The fraction of sp³-hybridized carbons (Fsp3) is 0.455. The molecule has 0 spiro atoms. The molecule has 1 aliphatic heterocycles. The summed E-state index contributed by atoms with van der Waals surface area (Å²) in [5.41, 5.74) is 4.42. The molecule has 2 aliphatic rings. The van der Waals surface area contributed by atoms with Gasteiger partial charge in [-0.3, -0.25) is 0 Å². The Hall–Kier alpha value is -1.71. The molecule has 4 rings (SSSR count). The van der Waals surface area contributed by atoms with Crippen LogP contribution in [-0.2, 0) is 18.3 Å². The zero-order valence-electron chi connectivity index (χ0n) is 15.1. The number of nitrogens with one attached hydrogen (secondary N) is 1. The molecule has 0 amide bonds. The predicted octanol–water partition coefficient (Wildman–Crippen LogP) is 3.54. The minimum absolute atomic E-state index is 0.163. The van der Waals surface area contributed by atoms with Crippen molar-refractivity contribution in [1.82, 2.24) is 10.2 Å². The number of likely N-dealkylation sites (tertiary alicyclic amines) is 1. The molecule has 3 atom stereocenters. The average Bonchev–Trinajstić information content (AvgIpc) is 2.62. The minimum atomic E-state index is -0.163. The van der Waals surface area contributed by atoms with E-state index in [1.807, 2.05) is 12.1 Å². The maximum absolute atomic E-state index is 13.1. The Kier molecular flexibility index (Phi) is 4.38. The Bertz CT molecular complexity index is 742.